The Hall–Kier alpha value is -2.89. The largest absolute Gasteiger partial charge is 0.418 e. The lowest BCUT2D eigenvalue weighted by Crippen LogP contribution is -2.15. The molecule has 0 aliphatic rings. The zero-order valence-electron chi connectivity index (χ0n) is 14.3. The maximum Gasteiger partial charge on any atom is 0.418 e. The second kappa shape index (κ2) is 7.62. The summed E-state index contributed by atoms with van der Waals surface area (Å²) in [4.78, 5) is 13.0. The summed E-state index contributed by atoms with van der Waals surface area (Å²) in [5.41, 5.74) is 0.979. The van der Waals surface area contributed by atoms with E-state index < -0.39 is 23.2 Å². The zero-order valence-corrected chi connectivity index (χ0v) is 15.8. The van der Waals surface area contributed by atoms with Gasteiger partial charge in [0.1, 0.15) is 6.07 Å². The molecule has 0 saturated heterocycles. The predicted molar refractivity (Wildman–Crippen MR) is 104 cm³/mol. The number of rotatable bonds is 4. The van der Waals surface area contributed by atoms with Gasteiger partial charge in [0.15, 0.2) is 0 Å². The third-order valence-electron chi connectivity index (χ3n) is 3.95. The average molecular weight is 422 g/mol. The Morgan fingerprint density at radius 2 is 1.96 bits per heavy atom. The minimum Gasteiger partial charge on any atom is -0.285 e. The Morgan fingerprint density at radius 3 is 2.64 bits per heavy atom. The van der Waals surface area contributed by atoms with E-state index in [2.05, 4.69) is 10.5 Å². The molecule has 0 radical (unpaired) electrons. The van der Waals surface area contributed by atoms with Gasteiger partial charge in [0.25, 0.3) is 0 Å². The molecule has 2 aromatic carbocycles. The van der Waals surface area contributed by atoms with E-state index in [1.807, 2.05) is 0 Å². The third kappa shape index (κ3) is 3.86. The maximum absolute atomic E-state index is 13.1. The summed E-state index contributed by atoms with van der Waals surface area (Å²) in [5, 5.41) is 14.2. The molecule has 0 unspecified atom stereocenters. The van der Waals surface area contributed by atoms with Crippen LogP contribution in [0.25, 0.3) is 10.1 Å². The van der Waals surface area contributed by atoms with Gasteiger partial charge in [-0.15, -0.1) is 11.3 Å². The molecule has 0 spiro atoms. The number of anilines is 1. The molecule has 3 rings (SSSR count). The van der Waals surface area contributed by atoms with Gasteiger partial charge < -0.3 is 0 Å². The van der Waals surface area contributed by atoms with Crippen LogP contribution in [0.3, 0.4) is 0 Å². The van der Waals surface area contributed by atoms with Crippen LogP contribution in [0.5, 0.6) is 0 Å². The molecule has 4 nitrogen and oxygen atoms in total. The van der Waals surface area contributed by atoms with Crippen molar-refractivity contribution in [3.8, 4) is 6.07 Å². The van der Waals surface area contributed by atoms with Gasteiger partial charge in [-0.3, -0.25) is 10.2 Å². The van der Waals surface area contributed by atoms with Gasteiger partial charge in [-0.25, -0.2) is 0 Å². The molecular weight excluding hydrogens is 411 g/mol. The lowest BCUT2D eigenvalue weighted by Gasteiger charge is -2.11. The van der Waals surface area contributed by atoms with Crippen LogP contribution in [0.2, 0.25) is 5.02 Å². The molecule has 28 heavy (non-hydrogen) atoms. The molecular formula is C19H11ClF3N3OS. The second-order valence-corrected chi connectivity index (χ2v) is 7.24. The van der Waals surface area contributed by atoms with E-state index in [1.54, 1.807) is 31.2 Å². The van der Waals surface area contributed by atoms with Crippen LogP contribution >= 0.6 is 22.9 Å². The number of aryl methyl sites for hydroxylation is 1. The standard InChI is InChI=1S/C19H11ClF3N3OS/c1-10-12-8-11(20)6-7-16(12)28-18(10)17(27)15(9-24)26-25-14-5-3-2-4-13(14)19(21,22)23/h2-8,25H,1H3/b26-15-. The van der Waals surface area contributed by atoms with Crippen LogP contribution in [0.1, 0.15) is 20.8 Å². The summed E-state index contributed by atoms with van der Waals surface area (Å²) >= 11 is 7.15. The van der Waals surface area contributed by atoms with E-state index in [0.29, 0.717) is 10.6 Å². The number of fused-ring (bicyclic) bond motifs is 1. The molecule has 0 amide bonds. The Morgan fingerprint density at radius 1 is 1.25 bits per heavy atom. The number of nitriles is 1. The van der Waals surface area contributed by atoms with E-state index in [1.165, 1.54) is 29.5 Å². The minimum atomic E-state index is -4.60. The molecule has 9 heteroatoms. The number of alkyl halides is 3. The first-order valence-corrected chi connectivity index (χ1v) is 9.05. The third-order valence-corrected chi connectivity index (χ3v) is 5.45. The van der Waals surface area contributed by atoms with Crippen molar-refractivity contribution in [3.63, 3.8) is 0 Å². The van der Waals surface area contributed by atoms with Crippen molar-refractivity contribution in [1.29, 1.82) is 5.26 Å². The Balaban J connectivity index is 1.96. The molecule has 1 aromatic heterocycles. The van der Waals surface area contributed by atoms with E-state index in [9.17, 15) is 23.2 Å². The molecule has 0 aliphatic carbocycles. The number of para-hydroxylation sites is 1. The van der Waals surface area contributed by atoms with Crippen LogP contribution < -0.4 is 5.43 Å². The van der Waals surface area contributed by atoms with Crippen molar-refractivity contribution in [2.45, 2.75) is 13.1 Å². The molecule has 1 N–H and O–H groups in total. The summed E-state index contributed by atoms with van der Waals surface area (Å²) in [6.07, 6.45) is -4.60. The molecule has 1 heterocycles. The Kier molecular flexibility index (Phi) is 5.40. The SMILES string of the molecule is Cc1c(C(=O)/C(C#N)=N\Nc2ccccc2C(F)(F)F)sc2ccc(Cl)cc12. The molecule has 0 fully saturated rings. The monoisotopic (exact) mass is 421 g/mol. The predicted octanol–water partition coefficient (Wildman–Crippen LogP) is 6.06. The van der Waals surface area contributed by atoms with Gasteiger partial charge in [0, 0.05) is 9.72 Å². The van der Waals surface area contributed by atoms with Crippen molar-refractivity contribution in [2.75, 3.05) is 5.43 Å². The number of benzene rings is 2. The van der Waals surface area contributed by atoms with Crippen molar-refractivity contribution in [1.82, 2.24) is 0 Å². The fourth-order valence-corrected chi connectivity index (χ4v) is 3.89. The second-order valence-electron chi connectivity index (χ2n) is 5.75. The van der Waals surface area contributed by atoms with Crippen molar-refractivity contribution >= 4 is 50.2 Å². The van der Waals surface area contributed by atoms with Gasteiger partial charge in [0.05, 0.1) is 16.1 Å². The molecule has 0 bridgehead atoms. The number of carbonyl (C=O) groups excluding carboxylic acids is 1. The number of nitrogens with one attached hydrogen (secondary N) is 1. The van der Waals surface area contributed by atoms with Gasteiger partial charge in [-0.1, -0.05) is 23.7 Å². The normalized spacial score (nSPS) is 12.1. The van der Waals surface area contributed by atoms with Crippen molar-refractivity contribution in [2.24, 2.45) is 5.10 Å². The van der Waals surface area contributed by atoms with Gasteiger partial charge in [-0.05, 0) is 48.2 Å². The van der Waals surface area contributed by atoms with Gasteiger partial charge >= 0.3 is 6.18 Å². The lowest BCUT2D eigenvalue weighted by molar-refractivity contribution is -0.136. The first kappa shape index (κ1) is 19.9. The van der Waals surface area contributed by atoms with Crippen LogP contribution in [0, 0.1) is 18.3 Å². The first-order valence-electron chi connectivity index (χ1n) is 7.85. The summed E-state index contributed by atoms with van der Waals surface area (Å²) in [6, 6.07) is 11.5. The summed E-state index contributed by atoms with van der Waals surface area (Å²) in [6.45, 7) is 1.71. The topological polar surface area (TPSA) is 65.2 Å². The lowest BCUT2D eigenvalue weighted by atomic mass is 10.1. The minimum absolute atomic E-state index is 0.281. The Bertz CT molecular complexity index is 1150. The van der Waals surface area contributed by atoms with Crippen LogP contribution in [0.4, 0.5) is 18.9 Å². The quantitative estimate of drug-likeness (QED) is 0.316. The number of hydrogen-bond donors (Lipinski definition) is 1. The van der Waals surface area contributed by atoms with Crippen molar-refractivity contribution in [3.05, 3.63) is 63.5 Å². The number of nitrogens with zero attached hydrogens (tertiary/aromatic N) is 2. The zero-order chi connectivity index (χ0) is 20.5. The van der Waals surface area contributed by atoms with Crippen LogP contribution in [-0.2, 0) is 6.18 Å². The summed E-state index contributed by atoms with van der Waals surface area (Å²) in [7, 11) is 0. The molecule has 0 atom stereocenters. The van der Waals surface area contributed by atoms with Crippen LogP contribution in [-0.4, -0.2) is 11.5 Å². The van der Waals surface area contributed by atoms with E-state index in [4.69, 9.17) is 11.6 Å². The highest BCUT2D eigenvalue weighted by Crippen LogP contribution is 2.35. The molecule has 0 saturated carbocycles. The fraction of sp³-hybridized carbons (Fsp3) is 0.105. The van der Waals surface area contributed by atoms with Crippen LogP contribution in [0.15, 0.2) is 47.6 Å². The van der Waals surface area contributed by atoms with Crippen molar-refractivity contribution < 1.29 is 18.0 Å². The van der Waals surface area contributed by atoms with Gasteiger partial charge in [0.2, 0.25) is 11.5 Å². The summed E-state index contributed by atoms with van der Waals surface area (Å²) in [5.74, 6) is -0.672. The molecule has 142 valence electrons. The summed E-state index contributed by atoms with van der Waals surface area (Å²) < 4.78 is 40.0. The number of halogens is 4. The smallest absolute Gasteiger partial charge is 0.285 e. The number of thiophene rings is 1. The Labute approximate surface area is 166 Å². The number of Topliss-reactive ketones (excluding diaryl/α,β-unsaturated/α-hetero) is 1. The fourth-order valence-electron chi connectivity index (χ4n) is 2.59. The van der Waals surface area contributed by atoms with E-state index in [0.717, 1.165) is 16.2 Å². The number of hydrazone groups is 1. The van der Waals surface area contributed by atoms with Gasteiger partial charge in [-0.2, -0.15) is 23.5 Å². The number of carbonyl (C=O) groups is 1. The molecule has 0 aliphatic heterocycles. The highest BCUT2D eigenvalue weighted by molar-refractivity contribution is 7.21. The first-order chi connectivity index (χ1) is 13.2. The highest BCUT2D eigenvalue weighted by Gasteiger charge is 2.33. The van der Waals surface area contributed by atoms with E-state index in [-0.39, 0.29) is 10.6 Å². The highest BCUT2D eigenvalue weighted by atomic mass is 35.5. The number of hydrogen-bond acceptors (Lipinski definition) is 5. The maximum atomic E-state index is 13.1. The number of ketones is 1. The van der Waals surface area contributed by atoms with E-state index >= 15 is 0 Å². The average Bonchev–Trinajstić information content (AvgIpc) is 2.98. The molecule has 3 aromatic rings.